The lowest BCUT2D eigenvalue weighted by atomic mass is 9.79. The molecule has 3 nitrogen and oxygen atoms in total. The van der Waals surface area contributed by atoms with Crippen LogP contribution in [-0.2, 0) is 4.79 Å². The number of alkyl halides is 1. The third-order valence-electron chi connectivity index (χ3n) is 3.98. The number of para-hydroxylation sites is 1. The zero-order valence-corrected chi connectivity index (χ0v) is 13.5. The first-order valence-corrected chi connectivity index (χ1v) is 7.38. The molecule has 0 aromatic heterocycles. The van der Waals surface area contributed by atoms with Gasteiger partial charge in [0.1, 0.15) is 11.1 Å². The van der Waals surface area contributed by atoms with Crippen molar-refractivity contribution in [2.45, 2.75) is 50.9 Å². The van der Waals surface area contributed by atoms with Gasteiger partial charge in [0.15, 0.2) is 0 Å². The Labute approximate surface area is 125 Å². The minimum atomic E-state index is -0.555. The van der Waals surface area contributed by atoms with E-state index in [1.54, 1.807) is 14.0 Å². The molecule has 0 bridgehead atoms. The summed E-state index contributed by atoms with van der Waals surface area (Å²) in [6, 6.07) is 5.93. The van der Waals surface area contributed by atoms with E-state index in [9.17, 15) is 4.79 Å². The average Bonchev–Trinajstić information content (AvgIpc) is 2.36. The summed E-state index contributed by atoms with van der Waals surface area (Å²) >= 11 is 6.06. The minimum absolute atomic E-state index is 0.0747. The first-order valence-electron chi connectivity index (χ1n) is 6.94. The first-order chi connectivity index (χ1) is 9.29. The second kappa shape index (κ2) is 5.28. The normalized spacial score (nSPS) is 22.1. The summed E-state index contributed by atoms with van der Waals surface area (Å²) in [6.07, 6.45) is 0.905. The maximum atomic E-state index is 12.6. The maximum absolute atomic E-state index is 12.6. The predicted molar refractivity (Wildman–Crippen MR) is 82.9 cm³/mol. The number of fused-ring (bicyclic) bond motifs is 1. The second-order valence-corrected chi connectivity index (χ2v) is 6.76. The number of hydrogen-bond donors (Lipinski definition) is 0. The zero-order chi connectivity index (χ0) is 15.1. The molecule has 1 amide bonds. The summed E-state index contributed by atoms with van der Waals surface area (Å²) in [5, 5.41) is -0.555. The number of amides is 1. The summed E-state index contributed by atoms with van der Waals surface area (Å²) in [6.45, 7) is 8.06. The molecule has 0 unspecified atom stereocenters. The third kappa shape index (κ3) is 2.39. The summed E-state index contributed by atoms with van der Waals surface area (Å²) < 4.78 is 5.48. The molecule has 2 atom stereocenters. The number of carbonyl (C=O) groups excluding carboxylic acids is 1. The van der Waals surface area contributed by atoms with E-state index in [1.807, 2.05) is 17.0 Å². The van der Waals surface area contributed by atoms with E-state index in [4.69, 9.17) is 16.3 Å². The molecule has 1 aromatic rings. The van der Waals surface area contributed by atoms with Crippen molar-refractivity contribution in [2.75, 3.05) is 12.0 Å². The highest BCUT2D eigenvalue weighted by atomic mass is 35.5. The highest BCUT2D eigenvalue weighted by Gasteiger charge is 2.42. The van der Waals surface area contributed by atoms with Crippen molar-refractivity contribution in [1.29, 1.82) is 0 Å². The van der Waals surface area contributed by atoms with Crippen LogP contribution in [0.15, 0.2) is 18.2 Å². The Kier molecular flexibility index (Phi) is 4.01. The number of rotatable bonds is 2. The quantitative estimate of drug-likeness (QED) is 0.773. The van der Waals surface area contributed by atoms with Crippen molar-refractivity contribution < 1.29 is 9.53 Å². The molecule has 0 saturated heterocycles. The van der Waals surface area contributed by atoms with Gasteiger partial charge in [0.25, 0.3) is 0 Å². The van der Waals surface area contributed by atoms with Crippen LogP contribution in [0.1, 0.15) is 45.6 Å². The summed E-state index contributed by atoms with van der Waals surface area (Å²) in [5.74, 6) is 1.03. The van der Waals surface area contributed by atoms with E-state index in [2.05, 4.69) is 26.8 Å². The topological polar surface area (TPSA) is 29.5 Å². The largest absolute Gasteiger partial charge is 0.495 e. The van der Waals surface area contributed by atoms with E-state index in [0.717, 1.165) is 23.4 Å². The van der Waals surface area contributed by atoms with Gasteiger partial charge >= 0.3 is 0 Å². The lowest BCUT2D eigenvalue weighted by molar-refractivity contribution is -0.119. The Bertz CT molecular complexity index is 525. The number of methoxy groups -OCH3 is 1. The van der Waals surface area contributed by atoms with E-state index < -0.39 is 5.38 Å². The number of halogens is 1. The zero-order valence-electron chi connectivity index (χ0n) is 12.7. The number of nitrogens with zero attached hydrogens (tertiary/aromatic N) is 1. The maximum Gasteiger partial charge on any atom is 0.245 e. The van der Waals surface area contributed by atoms with Gasteiger partial charge in [-0.1, -0.05) is 19.1 Å². The van der Waals surface area contributed by atoms with Gasteiger partial charge in [-0.2, -0.15) is 0 Å². The standard InChI is InChI=1S/C16H22ClNO2/c1-10-9-16(3,4)18(15(19)11(2)17)14-12(10)7-6-8-13(14)20-5/h6-8,10-11H,9H2,1-5H3/t10-,11+/m0/s1. The van der Waals surface area contributed by atoms with Crippen LogP contribution in [0, 0.1) is 0 Å². The van der Waals surface area contributed by atoms with Crippen molar-refractivity contribution in [3.8, 4) is 5.75 Å². The molecule has 0 saturated carbocycles. The monoisotopic (exact) mass is 295 g/mol. The number of ether oxygens (including phenoxy) is 1. The molecule has 1 aromatic carbocycles. The van der Waals surface area contributed by atoms with Crippen LogP contribution in [0.2, 0.25) is 0 Å². The fraction of sp³-hybridized carbons (Fsp3) is 0.562. The number of hydrogen-bond acceptors (Lipinski definition) is 2. The van der Waals surface area contributed by atoms with Crippen LogP contribution in [0.25, 0.3) is 0 Å². The van der Waals surface area contributed by atoms with E-state index in [-0.39, 0.29) is 11.4 Å². The Morgan fingerprint density at radius 2 is 2.15 bits per heavy atom. The van der Waals surface area contributed by atoms with Crippen molar-refractivity contribution in [1.82, 2.24) is 0 Å². The highest BCUT2D eigenvalue weighted by molar-refractivity contribution is 6.32. The molecule has 4 heteroatoms. The molecule has 2 rings (SSSR count). The van der Waals surface area contributed by atoms with Crippen molar-refractivity contribution in [3.05, 3.63) is 23.8 Å². The van der Waals surface area contributed by atoms with Crippen LogP contribution in [-0.4, -0.2) is 23.9 Å². The molecule has 0 N–H and O–H groups in total. The predicted octanol–water partition coefficient (Wildman–Crippen LogP) is 3.94. The molecule has 0 fully saturated rings. The summed E-state index contributed by atoms with van der Waals surface area (Å²) in [4.78, 5) is 14.4. The number of anilines is 1. The van der Waals surface area contributed by atoms with Crippen LogP contribution >= 0.6 is 11.6 Å². The van der Waals surface area contributed by atoms with Gasteiger partial charge < -0.3 is 9.64 Å². The Morgan fingerprint density at radius 3 is 2.70 bits per heavy atom. The second-order valence-electron chi connectivity index (χ2n) is 6.11. The Morgan fingerprint density at radius 1 is 1.50 bits per heavy atom. The van der Waals surface area contributed by atoms with Gasteiger partial charge in [-0.15, -0.1) is 11.6 Å². The average molecular weight is 296 g/mol. The summed E-state index contributed by atoms with van der Waals surface area (Å²) in [7, 11) is 1.63. The van der Waals surface area contributed by atoms with Gasteiger partial charge in [-0.25, -0.2) is 0 Å². The number of benzene rings is 1. The Balaban J connectivity index is 2.66. The lowest BCUT2D eigenvalue weighted by Crippen LogP contribution is -2.53. The van der Waals surface area contributed by atoms with Gasteiger partial charge in [0.05, 0.1) is 12.8 Å². The lowest BCUT2D eigenvalue weighted by Gasteiger charge is -2.46. The molecule has 1 aliphatic rings. The molecule has 0 spiro atoms. The van der Waals surface area contributed by atoms with Crippen LogP contribution in [0.3, 0.4) is 0 Å². The molecule has 0 radical (unpaired) electrons. The van der Waals surface area contributed by atoms with E-state index in [1.165, 1.54) is 0 Å². The fourth-order valence-electron chi connectivity index (χ4n) is 3.18. The fourth-order valence-corrected chi connectivity index (χ4v) is 3.28. The molecule has 0 aliphatic carbocycles. The van der Waals surface area contributed by atoms with Gasteiger partial charge in [-0.05, 0) is 44.7 Å². The van der Waals surface area contributed by atoms with Gasteiger partial charge in [-0.3, -0.25) is 4.79 Å². The van der Waals surface area contributed by atoms with Crippen LogP contribution < -0.4 is 9.64 Å². The molecule has 20 heavy (non-hydrogen) atoms. The molecule has 1 aliphatic heterocycles. The van der Waals surface area contributed by atoms with Gasteiger partial charge in [0.2, 0.25) is 5.91 Å². The van der Waals surface area contributed by atoms with Crippen molar-refractivity contribution >= 4 is 23.2 Å². The molecular weight excluding hydrogens is 274 g/mol. The van der Waals surface area contributed by atoms with Crippen molar-refractivity contribution in [2.24, 2.45) is 0 Å². The summed E-state index contributed by atoms with van der Waals surface area (Å²) in [5.41, 5.74) is 1.74. The SMILES string of the molecule is COc1cccc2c1N(C(=O)[C@@H](C)Cl)C(C)(C)C[C@@H]2C. The Hall–Kier alpha value is -1.22. The minimum Gasteiger partial charge on any atom is -0.495 e. The molecule has 1 heterocycles. The van der Waals surface area contributed by atoms with Crippen molar-refractivity contribution in [3.63, 3.8) is 0 Å². The number of carbonyl (C=O) groups is 1. The van der Waals surface area contributed by atoms with E-state index in [0.29, 0.717) is 5.92 Å². The smallest absolute Gasteiger partial charge is 0.245 e. The highest BCUT2D eigenvalue weighted by Crippen LogP contribution is 2.48. The van der Waals surface area contributed by atoms with E-state index >= 15 is 0 Å². The van der Waals surface area contributed by atoms with Gasteiger partial charge in [0, 0.05) is 5.54 Å². The van der Waals surface area contributed by atoms with Crippen LogP contribution in [0.5, 0.6) is 5.75 Å². The first kappa shape index (κ1) is 15.2. The van der Waals surface area contributed by atoms with Crippen LogP contribution in [0.4, 0.5) is 5.69 Å². The molecular formula is C16H22ClNO2. The third-order valence-corrected chi connectivity index (χ3v) is 4.16. The molecule has 110 valence electrons.